The Labute approximate surface area is 230 Å². The molecule has 38 heavy (non-hydrogen) atoms. The summed E-state index contributed by atoms with van der Waals surface area (Å²) in [7, 11) is 0. The summed E-state index contributed by atoms with van der Waals surface area (Å²) in [5.74, 6) is 0.646. The molecule has 0 unspecified atom stereocenters. The summed E-state index contributed by atoms with van der Waals surface area (Å²) in [4.78, 5) is 30.8. The van der Waals surface area contributed by atoms with E-state index in [0.29, 0.717) is 35.1 Å². The van der Waals surface area contributed by atoms with Crippen LogP contribution in [-0.4, -0.2) is 40.5 Å². The molecule has 0 aliphatic carbocycles. The smallest absolute Gasteiger partial charge is 0.410 e. The van der Waals surface area contributed by atoms with Crippen molar-refractivity contribution < 1.29 is 19.1 Å². The number of ether oxygens (including phenoxy) is 2. The average molecular weight is 537 g/mol. The van der Waals surface area contributed by atoms with Crippen LogP contribution in [-0.2, 0) is 24.2 Å². The highest BCUT2D eigenvalue weighted by Crippen LogP contribution is 2.34. The molecule has 0 spiro atoms. The highest BCUT2D eigenvalue weighted by molar-refractivity contribution is 6.30. The summed E-state index contributed by atoms with van der Waals surface area (Å²) in [6.45, 7) is 12.6. The van der Waals surface area contributed by atoms with E-state index in [-0.39, 0.29) is 18.5 Å². The Morgan fingerprint density at radius 1 is 0.974 bits per heavy atom. The van der Waals surface area contributed by atoms with Crippen LogP contribution in [0.25, 0.3) is 11.1 Å². The highest BCUT2D eigenvalue weighted by atomic mass is 35.5. The van der Waals surface area contributed by atoms with Crippen molar-refractivity contribution in [3.05, 3.63) is 82.1 Å². The van der Waals surface area contributed by atoms with E-state index in [2.05, 4.69) is 17.1 Å². The van der Waals surface area contributed by atoms with Crippen LogP contribution in [0.15, 0.2) is 54.7 Å². The molecule has 1 aliphatic heterocycles. The van der Waals surface area contributed by atoms with Crippen molar-refractivity contribution in [1.82, 2.24) is 9.88 Å². The summed E-state index contributed by atoms with van der Waals surface area (Å²) < 4.78 is 11.7. The van der Waals surface area contributed by atoms with Crippen molar-refractivity contribution in [2.24, 2.45) is 0 Å². The molecule has 1 aromatic heterocycles. The van der Waals surface area contributed by atoms with E-state index < -0.39 is 5.60 Å². The first-order valence-electron chi connectivity index (χ1n) is 13.1. The third-order valence-electron chi connectivity index (χ3n) is 6.01. The van der Waals surface area contributed by atoms with E-state index in [9.17, 15) is 9.59 Å². The fourth-order valence-electron chi connectivity index (χ4n) is 4.18. The van der Waals surface area contributed by atoms with Gasteiger partial charge in [0.2, 0.25) is 0 Å². The van der Waals surface area contributed by atoms with Gasteiger partial charge in [-0.2, -0.15) is 0 Å². The molecule has 4 rings (SSSR count). The second-order valence-electron chi connectivity index (χ2n) is 9.97. The maximum absolute atomic E-state index is 12.6. The number of aromatic nitrogens is 1. The summed E-state index contributed by atoms with van der Waals surface area (Å²) in [5, 5.41) is 0.599. The number of nitrogens with zero attached hydrogens (tertiary/aromatic N) is 2. The van der Waals surface area contributed by atoms with Crippen LogP contribution in [0.4, 0.5) is 4.79 Å². The molecule has 0 N–H and O–H groups in total. The van der Waals surface area contributed by atoms with Crippen LogP contribution in [0, 0.1) is 0 Å². The molecule has 0 atom stereocenters. The summed E-state index contributed by atoms with van der Waals surface area (Å²) in [6.07, 6.45) is 2.84. The van der Waals surface area contributed by atoms with E-state index in [1.54, 1.807) is 36.2 Å². The molecule has 6 nitrogen and oxygen atoms in total. The minimum absolute atomic E-state index is 0.0120. The normalized spacial score (nSPS) is 13.0. The fourth-order valence-corrected chi connectivity index (χ4v) is 4.36. The van der Waals surface area contributed by atoms with E-state index >= 15 is 0 Å². The average Bonchev–Trinajstić information content (AvgIpc) is 3.10. The number of benzene rings is 2. The van der Waals surface area contributed by atoms with Gasteiger partial charge in [-0.15, -0.1) is 0 Å². The van der Waals surface area contributed by atoms with Gasteiger partial charge in [0.15, 0.2) is 5.78 Å². The molecule has 202 valence electrons. The lowest BCUT2D eigenvalue weighted by atomic mass is 9.94. The maximum atomic E-state index is 12.6. The lowest BCUT2D eigenvalue weighted by molar-refractivity contribution is 0.0258. The van der Waals surface area contributed by atoms with Gasteiger partial charge in [0.25, 0.3) is 0 Å². The highest BCUT2D eigenvalue weighted by Gasteiger charge is 2.24. The van der Waals surface area contributed by atoms with Crippen molar-refractivity contribution in [2.75, 3.05) is 13.1 Å². The first kappa shape index (κ1) is 29.2. The third-order valence-corrected chi connectivity index (χ3v) is 6.25. The van der Waals surface area contributed by atoms with Crippen molar-refractivity contribution in [2.45, 2.75) is 66.6 Å². The van der Waals surface area contributed by atoms with E-state index in [1.165, 1.54) is 11.1 Å². The van der Waals surface area contributed by atoms with Gasteiger partial charge in [-0.3, -0.25) is 9.78 Å². The van der Waals surface area contributed by atoms with Gasteiger partial charge in [-0.1, -0.05) is 43.6 Å². The molecule has 0 radical (unpaired) electrons. The first-order valence-corrected chi connectivity index (χ1v) is 13.5. The summed E-state index contributed by atoms with van der Waals surface area (Å²) >= 11 is 6.09. The first-order chi connectivity index (χ1) is 18.1. The molecule has 7 heteroatoms. The molecule has 2 heterocycles. The molecule has 0 fully saturated rings. The summed E-state index contributed by atoms with van der Waals surface area (Å²) in [5.41, 5.74) is 4.98. The molecule has 2 aromatic carbocycles. The van der Waals surface area contributed by atoms with Gasteiger partial charge in [-0.25, -0.2) is 4.79 Å². The zero-order chi connectivity index (χ0) is 27.9. The van der Waals surface area contributed by atoms with Crippen LogP contribution in [0.2, 0.25) is 5.02 Å². The van der Waals surface area contributed by atoms with Gasteiger partial charge in [0, 0.05) is 35.4 Å². The molecule has 0 saturated carbocycles. The number of rotatable bonds is 5. The minimum atomic E-state index is -0.526. The lowest BCUT2D eigenvalue weighted by Crippen LogP contribution is -2.38. The molecule has 0 saturated heterocycles. The van der Waals surface area contributed by atoms with Gasteiger partial charge in [-0.05, 0) is 87.6 Å². The summed E-state index contributed by atoms with van der Waals surface area (Å²) in [6, 6.07) is 15.2. The molecule has 1 aliphatic rings. The Bertz CT molecular complexity index is 1280. The largest absolute Gasteiger partial charge is 0.487 e. The maximum Gasteiger partial charge on any atom is 0.410 e. The number of hydrogen-bond acceptors (Lipinski definition) is 5. The molecule has 0 bridgehead atoms. The zero-order valence-corrected chi connectivity index (χ0v) is 23.9. The molecular formula is C31H37ClN2O4. The monoisotopic (exact) mass is 536 g/mol. The Kier molecular flexibility index (Phi) is 9.92. The number of halogens is 1. The van der Waals surface area contributed by atoms with Crippen LogP contribution in [0.1, 0.15) is 68.7 Å². The van der Waals surface area contributed by atoms with E-state index in [4.69, 9.17) is 21.1 Å². The number of carbonyl (C=O) groups is 2. The number of pyridine rings is 1. The van der Waals surface area contributed by atoms with Gasteiger partial charge < -0.3 is 14.4 Å². The number of ketones is 1. The van der Waals surface area contributed by atoms with Gasteiger partial charge in [0.1, 0.15) is 18.0 Å². The predicted octanol–water partition coefficient (Wildman–Crippen LogP) is 7.55. The van der Waals surface area contributed by atoms with Crippen molar-refractivity contribution in [3.8, 4) is 16.9 Å². The Hall–Kier alpha value is -3.38. The number of Topliss-reactive ketones (excluding diaryl/α,β-unsaturated/α-hetero) is 1. The molecular weight excluding hydrogens is 500 g/mol. The second-order valence-corrected chi connectivity index (χ2v) is 10.4. The standard InChI is InChI=1S/C29H31ClN2O4.C2H6/c1-19(33)21-7-8-27(35-18-25-17-24(30)9-12-31-25)26(16-21)23-6-5-20-10-13-32(14-11-22(20)15-23)28(34)36-29(2,3)4;1-2/h5-9,12,15-17H,10-11,13-14,18H2,1-4H3;1-2H3. The number of fused-ring (bicyclic) bond motifs is 1. The van der Waals surface area contributed by atoms with E-state index in [0.717, 1.165) is 24.0 Å². The van der Waals surface area contributed by atoms with Crippen LogP contribution in [0.5, 0.6) is 5.75 Å². The predicted molar refractivity (Wildman–Crippen MR) is 152 cm³/mol. The number of amides is 1. The Morgan fingerprint density at radius 2 is 1.68 bits per heavy atom. The Balaban J connectivity index is 0.00000195. The van der Waals surface area contributed by atoms with Crippen molar-refractivity contribution >= 4 is 23.5 Å². The zero-order valence-electron chi connectivity index (χ0n) is 23.1. The van der Waals surface area contributed by atoms with E-state index in [1.807, 2.05) is 52.8 Å². The minimum Gasteiger partial charge on any atom is -0.487 e. The van der Waals surface area contributed by atoms with Gasteiger partial charge in [0.05, 0.1) is 5.69 Å². The lowest BCUT2D eigenvalue weighted by Gasteiger charge is -2.26. The van der Waals surface area contributed by atoms with Crippen LogP contribution < -0.4 is 4.74 Å². The second kappa shape index (κ2) is 12.9. The van der Waals surface area contributed by atoms with Crippen LogP contribution in [0.3, 0.4) is 0 Å². The molecule has 3 aromatic rings. The molecule has 1 amide bonds. The Morgan fingerprint density at radius 3 is 2.34 bits per heavy atom. The van der Waals surface area contributed by atoms with Crippen LogP contribution >= 0.6 is 11.6 Å². The van der Waals surface area contributed by atoms with Gasteiger partial charge >= 0.3 is 6.09 Å². The number of carbonyl (C=O) groups excluding carboxylic acids is 2. The fraction of sp³-hybridized carbons (Fsp3) is 0.387. The number of hydrogen-bond donors (Lipinski definition) is 0. The SMILES string of the molecule is CC.CC(=O)c1ccc(OCc2cc(Cl)ccn2)c(-c2ccc3c(c2)CCN(C(=O)OC(C)(C)C)CC3)c1. The van der Waals surface area contributed by atoms with Crippen molar-refractivity contribution in [3.63, 3.8) is 0 Å². The topological polar surface area (TPSA) is 68.7 Å². The third kappa shape index (κ3) is 7.81. The quantitative estimate of drug-likeness (QED) is 0.315. The van der Waals surface area contributed by atoms with Crippen molar-refractivity contribution in [1.29, 1.82) is 0 Å².